The number of hydrogen-bond donors (Lipinski definition) is 2. The van der Waals surface area contributed by atoms with Crippen molar-refractivity contribution in [3.63, 3.8) is 0 Å². The molecule has 0 atom stereocenters. The molecule has 0 spiro atoms. The Hall–Kier alpha value is -3.53. The minimum atomic E-state index is -3.99. The van der Waals surface area contributed by atoms with Gasteiger partial charge >= 0.3 is 0 Å². The Kier molecular flexibility index (Phi) is 6.50. The largest absolute Gasteiger partial charge is 0.354 e. The summed E-state index contributed by atoms with van der Waals surface area (Å²) in [4.78, 5) is 11.6. The summed E-state index contributed by atoms with van der Waals surface area (Å²) in [6, 6.07) is 8.58. The van der Waals surface area contributed by atoms with Crippen LogP contribution in [0.15, 0.2) is 51.9 Å². The zero-order valence-electron chi connectivity index (χ0n) is 16.6. The lowest BCUT2D eigenvalue weighted by Gasteiger charge is -2.08. The van der Waals surface area contributed by atoms with Gasteiger partial charge in [-0.15, -0.1) is 0 Å². The van der Waals surface area contributed by atoms with Crippen molar-refractivity contribution < 1.29 is 26.5 Å². The van der Waals surface area contributed by atoms with Crippen molar-refractivity contribution in [2.24, 2.45) is 0 Å². The topological polar surface area (TPSA) is 101 Å². The maximum Gasteiger partial charge on any atom is 0.261 e. The van der Waals surface area contributed by atoms with Crippen molar-refractivity contribution in [3.8, 4) is 0 Å². The van der Waals surface area contributed by atoms with Gasteiger partial charge in [-0.05, 0) is 42.8 Å². The standard InChI is InChI=1S/C21H19F2N3O4S/c1-3-20(27)24-21-13(2)25-30-19(21)11-6-14-4-8-16(9-5-14)31(28,29)26-15-7-10-17(22)18(23)12-15/h4-12,26H,3H2,1-2H3,(H,24,27)/b11-6-. The number of carbonyl (C=O) groups is 1. The zero-order valence-corrected chi connectivity index (χ0v) is 17.5. The Labute approximate surface area is 177 Å². The molecule has 1 heterocycles. The van der Waals surface area contributed by atoms with Gasteiger partial charge in [0.1, 0.15) is 11.4 Å². The summed E-state index contributed by atoms with van der Waals surface area (Å²) in [5.74, 6) is -2.05. The van der Waals surface area contributed by atoms with Crippen molar-refractivity contribution in [1.82, 2.24) is 5.16 Å². The number of rotatable bonds is 7. The molecule has 162 valence electrons. The average molecular weight is 447 g/mol. The summed E-state index contributed by atoms with van der Waals surface area (Å²) >= 11 is 0. The van der Waals surface area contributed by atoms with Gasteiger partial charge in [-0.3, -0.25) is 9.52 Å². The highest BCUT2D eigenvalue weighted by Crippen LogP contribution is 2.23. The number of aromatic nitrogens is 1. The van der Waals surface area contributed by atoms with E-state index in [1.807, 2.05) is 0 Å². The maximum absolute atomic E-state index is 13.3. The highest BCUT2D eigenvalue weighted by molar-refractivity contribution is 7.92. The highest BCUT2D eigenvalue weighted by Gasteiger charge is 2.16. The average Bonchev–Trinajstić information content (AvgIpc) is 3.08. The molecular weight excluding hydrogens is 428 g/mol. The molecule has 1 amide bonds. The predicted molar refractivity (Wildman–Crippen MR) is 113 cm³/mol. The molecule has 0 aliphatic rings. The molecule has 2 aromatic carbocycles. The third-order valence-corrected chi connectivity index (χ3v) is 5.66. The van der Waals surface area contributed by atoms with Crippen LogP contribution in [-0.4, -0.2) is 19.5 Å². The molecule has 1 aromatic heterocycles. The van der Waals surface area contributed by atoms with E-state index in [0.29, 0.717) is 29.1 Å². The summed E-state index contributed by atoms with van der Waals surface area (Å²) in [5.41, 5.74) is 1.57. The van der Waals surface area contributed by atoms with Crippen molar-refractivity contribution in [1.29, 1.82) is 0 Å². The SMILES string of the molecule is CCC(=O)Nc1c(C)noc1/C=C\c1ccc(S(=O)(=O)Nc2ccc(F)c(F)c2)cc1. The Bertz CT molecular complexity index is 1240. The quantitative estimate of drug-likeness (QED) is 0.552. The number of amides is 1. The fraction of sp³-hybridized carbons (Fsp3) is 0.143. The van der Waals surface area contributed by atoms with Gasteiger partial charge in [0.05, 0.1) is 10.6 Å². The van der Waals surface area contributed by atoms with Crippen molar-refractivity contribution in [3.05, 3.63) is 71.1 Å². The van der Waals surface area contributed by atoms with Gasteiger partial charge in [-0.2, -0.15) is 0 Å². The number of aryl methyl sites for hydroxylation is 1. The van der Waals surface area contributed by atoms with E-state index in [-0.39, 0.29) is 16.5 Å². The monoisotopic (exact) mass is 447 g/mol. The number of carbonyl (C=O) groups excluding carboxylic acids is 1. The van der Waals surface area contributed by atoms with Gasteiger partial charge in [-0.25, -0.2) is 17.2 Å². The molecule has 2 N–H and O–H groups in total. The number of halogens is 2. The van der Waals surface area contributed by atoms with Crippen molar-refractivity contribution >= 4 is 39.5 Å². The number of nitrogens with zero attached hydrogens (tertiary/aromatic N) is 1. The number of benzene rings is 2. The molecule has 0 saturated heterocycles. The molecule has 0 fully saturated rings. The number of anilines is 2. The van der Waals surface area contributed by atoms with Crippen LogP contribution in [-0.2, 0) is 14.8 Å². The van der Waals surface area contributed by atoms with Gasteiger partial charge in [0, 0.05) is 12.5 Å². The van der Waals surface area contributed by atoms with E-state index < -0.39 is 21.7 Å². The minimum Gasteiger partial charge on any atom is -0.354 e. The minimum absolute atomic E-state index is 0.0548. The van der Waals surface area contributed by atoms with Crippen LogP contribution in [0.25, 0.3) is 12.2 Å². The number of hydrogen-bond acceptors (Lipinski definition) is 5. The summed E-state index contributed by atoms with van der Waals surface area (Å²) in [6.07, 6.45) is 3.58. The van der Waals surface area contributed by atoms with Crippen LogP contribution in [0.3, 0.4) is 0 Å². The van der Waals surface area contributed by atoms with E-state index in [1.165, 1.54) is 12.1 Å². The second-order valence-corrected chi connectivity index (χ2v) is 8.23. The molecule has 3 aromatic rings. The lowest BCUT2D eigenvalue weighted by Crippen LogP contribution is -2.13. The molecule has 0 bridgehead atoms. The molecule has 0 saturated carbocycles. The van der Waals surface area contributed by atoms with E-state index in [2.05, 4.69) is 15.2 Å². The third-order valence-electron chi connectivity index (χ3n) is 4.26. The van der Waals surface area contributed by atoms with Crippen LogP contribution < -0.4 is 10.0 Å². The summed E-state index contributed by atoms with van der Waals surface area (Å²) < 4.78 is 58.6. The molecular formula is C21H19F2N3O4S. The van der Waals surface area contributed by atoms with E-state index in [4.69, 9.17) is 4.52 Å². The van der Waals surface area contributed by atoms with E-state index in [9.17, 15) is 22.0 Å². The zero-order chi connectivity index (χ0) is 22.6. The Morgan fingerprint density at radius 2 is 1.81 bits per heavy atom. The Morgan fingerprint density at radius 3 is 2.45 bits per heavy atom. The molecule has 10 heteroatoms. The van der Waals surface area contributed by atoms with Gasteiger partial charge in [0.25, 0.3) is 10.0 Å². The van der Waals surface area contributed by atoms with Crippen LogP contribution in [0.4, 0.5) is 20.2 Å². The van der Waals surface area contributed by atoms with Crippen LogP contribution in [0.1, 0.15) is 30.4 Å². The van der Waals surface area contributed by atoms with E-state index >= 15 is 0 Å². The van der Waals surface area contributed by atoms with Gasteiger partial charge in [-0.1, -0.05) is 30.3 Å². The normalized spacial score (nSPS) is 11.6. The fourth-order valence-corrected chi connectivity index (χ4v) is 3.63. The lowest BCUT2D eigenvalue weighted by molar-refractivity contribution is -0.115. The first-order valence-corrected chi connectivity index (χ1v) is 10.7. The lowest BCUT2D eigenvalue weighted by atomic mass is 10.2. The summed E-state index contributed by atoms with van der Waals surface area (Å²) in [5, 5.41) is 6.56. The Morgan fingerprint density at radius 1 is 1.10 bits per heavy atom. The highest BCUT2D eigenvalue weighted by atomic mass is 32.2. The number of sulfonamides is 1. The van der Waals surface area contributed by atoms with Gasteiger partial charge in [0.15, 0.2) is 17.4 Å². The third kappa shape index (κ3) is 5.34. The van der Waals surface area contributed by atoms with Crippen LogP contribution in [0, 0.1) is 18.6 Å². The van der Waals surface area contributed by atoms with E-state index in [0.717, 1.165) is 18.2 Å². The molecule has 0 unspecified atom stereocenters. The van der Waals surface area contributed by atoms with Gasteiger partial charge < -0.3 is 9.84 Å². The second-order valence-electron chi connectivity index (χ2n) is 6.55. The molecule has 3 rings (SSSR count). The van der Waals surface area contributed by atoms with Gasteiger partial charge in [0.2, 0.25) is 5.91 Å². The molecule has 31 heavy (non-hydrogen) atoms. The Balaban J connectivity index is 1.76. The van der Waals surface area contributed by atoms with Crippen LogP contribution in [0.5, 0.6) is 0 Å². The molecule has 0 aliphatic carbocycles. The first-order chi connectivity index (χ1) is 14.7. The first kappa shape index (κ1) is 22.2. The molecule has 7 nitrogen and oxygen atoms in total. The van der Waals surface area contributed by atoms with Crippen molar-refractivity contribution in [2.75, 3.05) is 10.0 Å². The summed E-state index contributed by atoms with van der Waals surface area (Å²) in [6.45, 7) is 3.43. The second kappa shape index (κ2) is 9.09. The smallest absolute Gasteiger partial charge is 0.261 e. The van der Waals surface area contributed by atoms with Crippen LogP contribution in [0.2, 0.25) is 0 Å². The fourth-order valence-electron chi connectivity index (χ4n) is 2.58. The maximum atomic E-state index is 13.3. The molecule has 0 radical (unpaired) electrons. The van der Waals surface area contributed by atoms with Crippen molar-refractivity contribution in [2.45, 2.75) is 25.2 Å². The predicted octanol–water partition coefficient (Wildman–Crippen LogP) is 4.58. The summed E-state index contributed by atoms with van der Waals surface area (Å²) in [7, 11) is -3.99. The van der Waals surface area contributed by atoms with E-state index in [1.54, 1.807) is 38.1 Å². The first-order valence-electron chi connectivity index (χ1n) is 9.21. The van der Waals surface area contributed by atoms with Crippen LogP contribution >= 0.6 is 0 Å². The number of nitrogens with one attached hydrogen (secondary N) is 2. The molecule has 0 aliphatic heterocycles.